The van der Waals surface area contributed by atoms with Gasteiger partial charge in [0.1, 0.15) is 5.75 Å². The van der Waals surface area contributed by atoms with Gasteiger partial charge in [-0.25, -0.2) is 8.42 Å². The van der Waals surface area contributed by atoms with Crippen LogP contribution in [-0.4, -0.2) is 45.2 Å². The van der Waals surface area contributed by atoms with Crippen molar-refractivity contribution in [1.29, 1.82) is 0 Å². The number of hydrogen-bond donors (Lipinski definition) is 1. The van der Waals surface area contributed by atoms with Crippen LogP contribution >= 0.6 is 12.4 Å². The maximum Gasteiger partial charge on any atom is 0.214 e. The van der Waals surface area contributed by atoms with E-state index in [1.54, 1.807) is 11.4 Å². The van der Waals surface area contributed by atoms with Crippen LogP contribution in [0.3, 0.4) is 0 Å². The number of para-hydroxylation sites is 1. The highest BCUT2D eigenvalue weighted by molar-refractivity contribution is 7.89. The summed E-state index contributed by atoms with van der Waals surface area (Å²) in [7, 11) is -1.61. The summed E-state index contributed by atoms with van der Waals surface area (Å²) in [5, 5.41) is 3.27. The molecule has 1 unspecified atom stereocenters. The van der Waals surface area contributed by atoms with Crippen molar-refractivity contribution in [2.75, 3.05) is 32.5 Å². The van der Waals surface area contributed by atoms with E-state index in [4.69, 9.17) is 4.74 Å². The Bertz CT molecular complexity index is 551. The van der Waals surface area contributed by atoms with Crippen LogP contribution in [0, 0.1) is 0 Å². The van der Waals surface area contributed by atoms with Crippen molar-refractivity contribution < 1.29 is 13.2 Å². The van der Waals surface area contributed by atoms with E-state index < -0.39 is 10.0 Å². The van der Waals surface area contributed by atoms with Crippen molar-refractivity contribution in [1.82, 2.24) is 9.62 Å². The first kappa shape index (κ1) is 18.2. The Balaban J connectivity index is 0.00000220. The van der Waals surface area contributed by atoms with Crippen LogP contribution in [0.2, 0.25) is 0 Å². The molecule has 1 N–H and O–H groups in total. The van der Waals surface area contributed by atoms with Gasteiger partial charge < -0.3 is 10.1 Å². The second-order valence-corrected chi connectivity index (χ2v) is 6.93. The molecule has 5 nitrogen and oxygen atoms in total. The molecule has 1 aromatic carbocycles. The normalized spacial score (nSPS) is 19.8. The standard InChI is InChI=1S/C14H22N2O3S.ClH/c1-3-10-20(17,18)16-9-8-15-11-13(16)12-6-4-5-7-14(12)19-2;/h4-7,13,15H,3,8-11H2,1-2H3;1H. The lowest BCUT2D eigenvalue weighted by Gasteiger charge is -2.36. The average Bonchev–Trinajstić information content (AvgIpc) is 2.47. The van der Waals surface area contributed by atoms with Crippen LogP contribution in [0.15, 0.2) is 24.3 Å². The van der Waals surface area contributed by atoms with Gasteiger partial charge in [0.15, 0.2) is 0 Å². The Kier molecular flexibility index (Phi) is 6.93. The molecule has 1 aliphatic heterocycles. The fourth-order valence-electron chi connectivity index (χ4n) is 2.60. The van der Waals surface area contributed by atoms with Gasteiger partial charge in [0.2, 0.25) is 10.0 Å². The largest absolute Gasteiger partial charge is 0.496 e. The number of nitrogens with one attached hydrogen (secondary N) is 1. The van der Waals surface area contributed by atoms with Gasteiger partial charge in [-0.05, 0) is 12.5 Å². The van der Waals surface area contributed by atoms with Crippen LogP contribution in [0.4, 0.5) is 0 Å². The van der Waals surface area contributed by atoms with Gasteiger partial charge >= 0.3 is 0 Å². The smallest absolute Gasteiger partial charge is 0.214 e. The van der Waals surface area contributed by atoms with E-state index >= 15 is 0 Å². The molecular weight excluding hydrogens is 312 g/mol. The molecule has 1 atom stereocenters. The highest BCUT2D eigenvalue weighted by Gasteiger charge is 2.33. The summed E-state index contributed by atoms with van der Waals surface area (Å²) < 4.78 is 31.8. The van der Waals surface area contributed by atoms with Crippen molar-refractivity contribution in [2.24, 2.45) is 0 Å². The van der Waals surface area contributed by atoms with Crippen molar-refractivity contribution in [3.63, 3.8) is 0 Å². The molecule has 21 heavy (non-hydrogen) atoms. The minimum Gasteiger partial charge on any atom is -0.496 e. The average molecular weight is 335 g/mol. The lowest BCUT2D eigenvalue weighted by atomic mass is 10.0. The van der Waals surface area contributed by atoms with Crippen molar-refractivity contribution in [2.45, 2.75) is 19.4 Å². The minimum absolute atomic E-state index is 0. The summed E-state index contributed by atoms with van der Waals surface area (Å²) in [6.45, 7) is 3.70. The van der Waals surface area contributed by atoms with Crippen molar-refractivity contribution in [3.05, 3.63) is 29.8 Å². The second kappa shape index (κ2) is 7.98. The Hall–Kier alpha value is -0.820. The van der Waals surface area contributed by atoms with Gasteiger partial charge in [0.25, 0.3) is 0 Å². The third kappa shape index (κ3) is 4.10. The van der Waals surface area contributed by atoms with Crippen LogP contribution in [0.5, 0.6) is 5.75 Å². The first-order valence-corrected chi connectivity index (χ1v) is 8.54. The molecular formula is C14H23ClN2O3S. The Morgan fingerprint density at radius 3 is 2.76 bits per heavy atom. The minimum atomic E-state index is -3.22. The van der Waals surface area contributed by atoms with Crippen LogP contribution in [0.25, 0.3) is 0 Å². The molecule has 7 heteroatoms. The number of sulfonamides is 1. The predicted octanol–water partition coefficient (Wildman–Crippen LogP) is 1.80. The van der Waals surface area contributed by atoms with E-state index in [1.165, 1.54) is 0 Å². The Labute approximate surface area is 133 Å². The molecule has 0 aromatic heterocycles. The van der Waals surface area contributed by atoms with Gasteiger partial charge in [0, 0.05) is 25.2 Å². The molecule has 1 fully saturated rings. The summed E-state index contributed by atoms with van der Waals surface area (Å²) in [4.78, 5) is 0. The number of rotatable bonds is 5. The van der Waals surface area contributed by atoms with Crippen molar-refractivity contribution >= 4 is 22.4 Å². The lowest BCUT2D eigenvalue weighted by molar-refractivity contribution is 0.264. The Morgan fingerprint density at radius 2 is 2.10 bits per heavy atom. The molecule has 120 valence electrons. The topological polar surface area (TPSA) is 58.6 Å². The quantitative estimate of drug-likeness (QED) is 0.892. The maximum atomic E-state index is 12.4. The van der Waals surface area contributed by atoms with E-state index in [-0.39, 0.29) is 24.2 Å². The first-order valence-electron chi connectivity index (χ1n) is 6.93. The zero-order chi connectivity index (χ0) is 14.6. The summed E-state index contributed by atoms with van der Waals surface area (Å²) in [6.07, 6.45) is 0.630. The maximum absolute atomic E-state index is 12.4. The summed E-state index contributed by atoms with van der Waals surface area (Å²) in [5.74, 6) is 0.927. The second-order valence-electron chi connectivity index (χ2n) is 4.89. The van der Waals surface area contributed by atoms with E-state index in [0.717, 1.165) is 11.3 Å². The van der Waals surface area contributed by atoms with Crippen LogP contribution in [-0.2, 0) is 10.0 Å². The molecule has 0 aliphatic carbocycles. The third-order valence-electron chi connectivity index (χ3n) is 3.51. The Morgan fingerprint density at radius 1 is 1.38 bits per heavy atom. The molecule has 1 aromatic rings. The molecule has 1 saturated heterocycles. The van der Waals surface area contributed by atoms with E-state index in [0.29, 0.717) is 26.1 Å². The first-order chi connectivity index (χ1) is 9.60. The number of ether oxygens (including phenoxy) is 1. The van der Waals surface area contributed by atoms with Crippen LogP contribution < -0.4 is 10.1 Å². The van der Waals surface area contributed by atoms with Crippen LogP contribution in [0.1, 0.15) is 24.9 Å². The summed E-state index contributed by atoms with van der Waals surface area (Å²) in [5.41, 5.74) is 0.918. The number of nitrogens with zero attached hydrogens (tertiary/aromatic N) is 1. The van der Waals surface area contributed by atoms with Gasteiger partial charge in [-0.2, -0.15) is 4.31 Å². The molecule has 0 bridgehead atoms. The highest BCUT2D eigenvalue weighted by Crippen LogP contribution is 2.32. The molecule has 2 rings (SSSR count). The molecule has 0 spiro atoms. The SMILES string of the molecule is CCCS(=O)(=O)N1CCNCC1c1ccccc1OC.Cl. The fourth-order valence-corrected chi connectivity index (χ4v) is 4.30. The molecule has 0 radical (unpaired) electrons. The number of methoxy groups -OCH3 is 1. The van der Waals surface area contributed by atoms with E-state index in [1.807, 2.05) is 31.2 Å². The van der Waals surface area contributed by atoms with Gasteiger partial charge in [0.05, 0.1) is 18.9 Å². The lowest BCUT2D eigenvalue weighted by Crippen LogP contribution is -2.49. The molecule has 1 aliphatic rings. The zero-order valence-electron chi connectivity index (χ0n) is 12.4. The summed E-state index contributed by atoms with van der Waals surface area (Å²) in [6, 6.07) is 7.41. The zero-order valence-corrected chi connectivity index (χ0v) is 14.0. The molecule has 0 saturated carbocycles. The summed E-state index contributed by atoms with van der Waals surface area (Å²) >= 11 is 0. The number of benzene rings is 1. The number of hydrogen-bond acceptors (Lipinski definition) is 4. The van der Waals surface area contributed by atoms with Crippen molar-refractivity contribution in [3.8, 4) is 5.75 Å². The van der Waals surface area contributed by atoms with Gasteiger partial charge in [-0.1, -0.05) is 25.1 Å². The predicted molar refractivity (Wildman–Crippen MR) is 86.6 cm³/mol. The van der Waals surface area contributed by atoms with Gasteiger partial charge in [-0.3, -0.25) is 0 Å². The van der Waals surface area contributed by atoms with E-state index in [9.17, 15) is 8.42 Å². The van der Waals surface area contributed by atoms with E-state index in [2.05, 4.69) is 5.32 Å². The fraction of sp³-hybridized carbons (Fsp3) is 0.571. The highest BCUT2D eigenvalue weighted by atomic mass is 35.5. The monoisotopic (exact) mass is 334 g/mol. The molecule has 0 amide bonds. The van der Waals surface area contributed by atoms with Gasteiger partial charge in [-0.15, -0.1) is 12.4 Å². The molecule has 1 heterocycles. The number of piperazine rings is 1. The number of halogens is 1. The third-order valence-corrected chi connectivity index (χ3v) is 5.59.